The van der Waals surface area contributed by atoms with E-state index in [1.54, 1.807) is 17.5 Å². The Morgan fingerprint density at radius 3 is 2.27 bits per heavy atom. The highest BCUT2D eigenvalue weighted by Gasteiger charge is 2.06. The number of carbonyl (C=O) groups excluding carboxylic acids is 1. The number of nitrogens with zero attached hydrogens (tertiary/aromatic N) is 1. The highest BCUT2D eigenvalue weighted by atomic mass is 32.1. The lowest BCUT2D eigenvalue weighted by Crippen LogP contribution is -2.13. The van der Waals surface area contributed by atoms with Crippen LogP contribution in [0.25, 0.3) is 0 Å². The number of non-ortho nitro benzene ring substituents is 1. The van der Waals surface area contributed by atoms with Gasteiger partial charge in [0.25, 0.3) is 12.2 Å². The third kappa shape index (κ3) is 11.8. The molecule has 30 heavy (non-hydrogen) atoms. The monoisotopic (exact) mass is 457 g/mol. The third-order valence-corrected chi connectivity index (χ3v) is 4.11. The molecule has 0 radical (unpaired) electrons. The Morgan fingerprint density at radius 2 is 1.73 bits per heavy atom. The molecule has 9 nitrogen and oxygen atoms in total. The molecule has 1 heterocycles. The first-order valence-corrected chi connectivity index (χ1v) is 10.1. The van der Waals surface area contributed by atoms with Gasteiger partial charge in [0.15, 0.2) is 0 Å². The number of hydrogen-bond acceptors (Lipinski definition) is 9. The van der Waals surface area contributed by atoms with E-state index in [0.717, 1.165) is 0 Å². The second-order valence-electron chi connectivity index (χ2n) is 4.80. The summed E-state index contributed by atoms with van der Waals surface area (Å²) in [6, 6.07) is 9.09. The summed E-state index contributed by atoms with van der Waals surface area (Å²) in [6.07, 6.45) is 0. The van der Waals surface area contributed by atoms with Gasteiger partial charge in [-0.1, -0.05) is 26.1 Å². The minimum Gasteiger partial charge on any atom is -0.491 e. The SMILES string of the molecule is CC.O=C(OCCOCCOc1ccc([N+](=O)[O-])cc1)c1ccc(=S)sc1.O=CO. The predicted molar refractivity (Wildman–Crippen MR) is 115 cm³/mol. The number of esters is 1. The minimum atomic E-state index is -0.472. The van der Waals surface area contributed by atoms with E-state index in [4.69, 9.17) is 36.3 Å². The molecule has 0 amide bonds. The zero-order chi connectivity index (χ0) is 22.8. The number of hydrogen-bond donors (Lipinski definition) is 1. The van der Waals surface area contributed by atoms with E-state index in [1.807, 2.05) is 13.8 Å². The van der Waals surface area contributed by atoms with Crippen LogP contribution in [-0.2, 0) is 14.3 Å². The fourth-order valence-corrected chi connectivity index (χ4v) is 2.51. The number of nitro groups is 1. The molecule has 0 saturated carbocycles. The highest BCUT2D eigenvalue weighted by molar-refractivity contribution is 7.73. The lowest BCUT2D eigenvalue weighted by atomic mass is 10.3. The fraction of sp³-hybridized carbons (Fsp3) is 0.316. The molecule has 0 aliphatic carbocycles. The Morgan fingerprint density at radius 1 is 1.13 bits per heavy atom. The van der Waals surface area contributed by atoms with Crippen molar-refractivity contribution in [3.8, 4) is 5.75 Å². The van der Waals surface area contributed by atoms with Crippen LogP contribution in [0.15, 0.2) is 41.8 Å². The lowest BCUT2D eigenvalue weighted by Gasteiger charge is -2.08. The third-order valence-electron chi connectivity index (χ3n) is 2.94. The van der Waals surface area contributed by atoms with Crippen LogP contribution >= 0.6 is 23.6 Å². The van der Waals surface area contributed by atoms with Crippen LogP contribution in [0, 0.1) is 13.9 Å². The smallest absolute Gasteiger partial charge is 0.339 e. The van der Waals surface area contributed by atoms with Crippen molar-refractivity contribution in [2.24, 2.45) is 0 Å². The molecule has 1 N–H and O–H groups in total. The van der Waals surface area contributed by atoms with E-state index in [2.05, 4.69) is 0 Å². The molecule has 0 aliphatic rings. The lowest BCUT2D eigenvalue weighted by molar-refractivity contribution is -0.384. The van der Waals surface area contributed by atoms with Crippen LogP contribution in [0.3, 0.4) is 0 Å². The molecular formula is C19H23NO8S2. The molecule has 164 valence electrons. The summed E-state index contributed by atoms with van der Waals surface area (Å²) in [4.78, 5) is 30.1. The van der Waals surface area contributed by atoms with E-state index in [0.29, 0.717) is 21.7 Å². The summed E-state index contributed by atoms with van der Waals surface area (Å²) in [6.45, 7) is 4.73. The first-order chi connectivity index (χ1) is 14.5. The molecule has 11 heteroatoms. The molecule has 0 spiro atoms. The number of rotatable bonds is 9. The average molecular weight is 458 g/mol. The zero-order valence-corrected chi connectivity index (χ0v) is 18.1. The Balaban J connectivity index is 0.00000154. The largest absolute Gasteiger partial charge is 0.491 e. The number of carboxylic acid groups (broad SMARTS) is 1. The van der Waals surface area contributed by atoms with Gasteiger partial charge in [-0.2, -0.15) is 0 Å². The van der Waals surface area contributed by atoms with Crippen molar-refractivity contribution in [1.82, 2.24) is 0 Å². The Bertz CT molecular complexity index is 804. The van der Waals surface area contributed by atoms with Crippen molar-refractivity contribution in [2.45, 2.75) is 13.8 Å². The molecule has 1 aromatic heterocycles. The van der Waals surface area contributed by atoms with Gasteiger partial charge in [-0.15, -0.1) is 11.3 Å². The molecule has 1 aromatic carbocycles. The van der Waals surface area contributed by atoms with Crippen molar-refractivity contribution in [2.75, 3.05) is 26.4 Å². The second-order valence-corrected chi connectivity index (χ2v) is 6.41. The van der Waals surface area contributed by atoms with Gasteiger partial charge < -0.3 is 19.3 Å². The fourth-order valence-electron chi connectivity index (χ4n) is 1.74. The number of ether oxygens (including phenoxy) is 3. The van der Waals surface area contributed by atoms with Crippen LogP contribution in [0.1, 0.15) is 24.2 Å². The maximum absolute atomic E-state index is 11.7. The van der Waals surface area contributed by atoms with Crippen LogP contribution in [0.4, 0.5) is 5.69 Å². The van der Waals surface area contributed by atoms with Gasteiger partial charge in [-0.05, 0) is 24.3 Å². The molecule has 0 aliphatic heterocycles. The van der Waals surface area contributed by atoms with Gasteiger partial charge in [-0.3, -0.25) is 14.9 Å². The molecule has 0 fully saturated rings. The van der Waals surface area contributed by atoms with Gasteiger partial charge in [0.05, 0.1) is 27.5 Å². The molecular weight excluding hydrogens is 434 g/mol. The quantitative estimate of drug-likeness (QED) is 0.146. The van der Waals surface area contributed by atoms with Gasteiger partial charge in [0.1, 0.15) is 19.0 Å². The summed E-state index contributed by atoms with van der Waals surface area (Å²) in [7, 11) is 0. The second kappa shape index (κ2) is 17.0. The van der Waals surface area contributed by atoms with Crippen molar-refractivity contribution in [3.05, 3.63) is 61.3 Å². The topological polar surface area (TPSA) is 125 Å². The Kier molecular flexibility index (Phi) is 15.4. The van der Waals surface area contributed by atoms with E-state index >= 15 is 0 Å². The van der Waals surface area contributed by atoms with Gasteiger partial charge >= 0.3 is 5.97 Å². The van der Waals surface area contributed by atoms with E-state index in [9.17, 15) is 14.9 Å². The minimum absolute atomic E-state index is 0.00793. The molecule has 0 atom stereocenters. The van der Waals surface area contributed by atoms with Crippen molar-refractivity contribution in [1.29, 1.82) is 0 Å². The Labute approximate surface area is 183 Å². The summed E-state index contributed by atoms with van der Waals surface area (Å²) < 4.78 is 16.5. The first kappa shape index (κ1) is 27.1. The standard InChI is InChI=1S/C16H15NO6S2.C2H6.CH2O2/c18-16(12-1-6-15(24)25-11-12)23-10-8-21-7-9-22-14-4-2-13(3-5-14)17(19)20;1-2;2-1-3/h1-6,11H,7-10H2;1-2H3;1H,(H,2,3). The van der Waals surface area contributed by atoms with E-state index < -0.39 is 10.9 Å². The van der Waals surface area contributed by atoms with Crippen LogP contribution in [0.5, 0.6) is 5.75 Å². The van der Waals surface area contributed by atoms with Crippen LogP contribution < -0.4 is 4.74 Å². The normalized spacial score (nSPS) is 9.13. The van der Waals surface area contributed by atoms with Crippen molar-refractivity contribution >= 4 is 41.7 Å². The van der Waals surface area contributed by atoms with E-state index in [1.165, 1.54) is 35.6 Å². The Hall–Kier alpha value is -2.89. The van der Waals surface area contributed by atoms with Gasteiger partial charge in [-0.25, -0.2) is 4.79 Å². The molecule has 0 bridgehead atoms. The van der Waals surface area contributed by atoms with Gasteiger partial charge in [0.2, 0.25) is 0 Å². The predicted octanol–water partition coefficient (Wildman–Crippen LogP) is 4.37. The molecule has 2 aromatic rings. The number of benzene rings is 1. The summed E-state index contributed by atoms with van der Waals surface area (Å²) in [5.74, 6) is 0.101. The van der Waals surface area contributed by atoms with Crippen molar-refractivity contribution < 1.29 is 33.8 Å². The van der Waals surface area contributed by atoms with E-state index in [-0.39, 0.29) is 32.0 Å². The molecule has 0 saturated heterocycles. The highest BCUT2D eigenvalue weighted by Crippen LogP contribution is 2.17. The van der Waals surface area contributed by atoms with Crippen molar-refractivity contribution in [3.63, 3.8) is 0 Å². The number of nitro benzene ring substituents is 1. The van der Waals surface area contributed by atoms with Crippen LogP contribution in [0.2, 0.25) is 0 Å². The first-order valence-electron chi connectivity index (χ1n) is 8.76. The molecule has 0 unspecified atom stereocenters. The average Bonchev–Trinajstić information content (AvgIpc) is 2.75. The number of carbonyl (C=O) groups is 2. The summed E-state index contributed by atoms with van der Waals surface area (Å²) in [5.41, 5.74) is 0.466. The summed E-state index contributed by atoms with van der Waals surface area (Å²) >= 11 is 6.26. The summed E-state index contributed by atoms with van der Waals surface area (Å²) in [5, 5.41) is 19.1. The maximum atomic E-state index is 11.7. The van der Waals surface area contributed by atoms with Crippen LogP contribution in [-0.4, -0.2) is 48.9 Å². The molecule has 2 rings (SSSR count). The van der Waals surface area contributed by atoms with Gasteiger partial charge in [0, 0.05) is 17.5 Å². The maximum Gasteiger partial charge on any atom is 0.339 e. The zero-order valence-electron chi connectivity index (χ0n) is 16.5.